The summed E-state index contributed by atoms with van der Waals surface area (Å²) in [5, 5.41) is 9.29. The molecule has 1 heterocycles. The van der Waals surface area contributed by atoms with Crippen molar-refractivity contribution in [3.63, 3.8) is 0 Å². The van der Waals surface area contributed by atoms with Crippen molar-refractivity contribution in [2.45, 2.75) is 20.5 Å². The Morgan fingerprint density at radius 2 is 2.00 bits per heavy atom. The van der Waals surface area contributed by atoms with E-state index in [-0.39, 0.29) is 23.8 Å². The van der Waals surface area contributed by atoms with Crippen molar-refractivity contribution < 1.29 is 14.6 Å². The quantitative estimate of drug-likeness (QED) is 0.770. The number of hydrogen-bond donors (Lipinski definition) is 2. The summed E-state index contributed by atoms with van der Waals surface area (Å²) in [5.74, 6) is -0.468. The van der Waals surface area contributed by atoms with Crippen molar-refractivity contribution in [2.75, 3.05) is 5.73 Å². The van der Waals surface area contributed by atoms with Gasteiger partial charge in [0.1, 0.15) is 17.9 Å². The fourth-order valence-electron chi connectivity index (χ4n) is 2.05. The summed E-state index contributed by atoms with van der Waals surface area (Å²) in [7, 11) is 0. The van der Waals surface area contributed by atoms with Gasteiger partial charge < -0.3 is 15.6 Å². The number of aromatic nitrogens is 2. The Morgan fingerprint density at radius 1 is 1.32 bits per heavy atom. The number of carboxylic acid groups (broad SMARTS) is 1. The lowest BCUT2D eigenvalue weighted by Gasteiger charge is -2.13. The molecule has 1 aromatic heterocycles. The molecule has 0 fully saturated rings. The summed E-state index contributed by atoms with van der Waals surface area (Å²) in [4.78, 5) is 19.2. The summed E-state index contributed by atoms with van der Waals surface area (Å²) >= 11 is 6.81. The predicted molar refractivity (Wildman–Crippen MR) is 89.1 cm³/mol. The van der Waals surface area contributed by atoms with Gasteiger partial charge in [-0.25, -0.2) is 14.8 Å². The average Bonchev–Trinajstić information content (AvgIpc) is 2.35. The van der Waals surface area contributed by atoms with E-state index in [9.17, 15) is 9.90 Å². The number of anilines is 1. The van der Waals surface area contributed by atoms with Gasteiger partial charge in [-0.3, -0.25) is 0 Å². The largest absolute Gasteiger partial charge is 0.486 e. The van der Waals surface area contributed by atoms with Crippen molar-refractivity contribution in [3.8, 4) is 5.75 Å². The second-order valence-electron chi connectivity index (χ2n) is 4.62. The van der Waals surface area contributed by atoms with Gasteiger partial charge in [0.2, 0.25) is 5.95 Å². The number of carbonyl (C=O) groups is 1. The molecule has 1 aromatic carbocycles. The van der Waals surface area contributed by atoms with E-state index in [2.05, 4.69) is 41.8 Å². The number of halogens is 2. The van der Waals surface area contributed by atoms with Crippen molar-refractivity contribution in [1.29, 1.82) is 0 Å². The number of nitrogens with two attached hydrogens (primary N) is 1. The van der Waals surface area contributed by atoms with Crippen molar-refractivity contribution >= 4 is 43.8 Å². The molecule has 0 aliphatic rings. The monoisotopic (exact) mass is 429 g/mol. The number of rotatable bonds is 4. The zero-order chi connectivity index (χ0) is 16.4. The molecule has 0 aliphatic carbocycles. The normalized spacial score (nSPS) is 10.5. The molecule has 0 bridgehead atoms. The third-order valence-electron chi connectivity index (χ3n) is 2.94. The van der Waals surface area contributed by atoms with Gasteiger partial charge in [0.15, 0.2) is 0 Å². The maximum absolute atomic E-state index is 11.4. The third-order valence-corrected chi connectivity index (χ3v) is 3.99. The maximum Gasteiger partial charge on any atom is 0.339 e. The minimum absolute atomic E-state index is 0.0140. The smallest absolute Gasteiger partial charge is 0.339 e. The highest BCUT2D eigenvalue weighted by Crippen LogP contribution is 2.33. The summed E-state index contributed by atoms with van der Waals surface area (Å²) in [6, 6.07) is 3.75. The van der Waals surface area contributed by atoms with Gasteiger partial charge in [-0.2, -0.15) is 0 Å². The van der Waals surface area contributed by atoms with Crippen LogP contribution in [0.2, 0.25) is 0 Å². The topological polar surface area (TPSA) is 98.3 Å². The summed E-state index contributed by atoms with van der Waals surface area (Å²) < 4.78 is 7.41. The van der Waals surface area contributed by atoms with Crippen LogP contribution < -0.4 is 10.5 Å². The van der Waals surface area contributed by atoms with Gasteiger partial charge in [0.25, 0.3) is 0 Å². The third kappa shape index (κ3) is 3.56. The highest BCUT2D eigenvalue weighted by molar-refractivity contribution is 9.11. The molecule has 8 heteroatoms. The zero-order valence-electron chi connectivity index (χ0n) is 11.9. The molecule has 3 N–H and O–H groups in total. The average molecular weight is 431 g/mol. The second-order valence-corrected chi connectivity index (χ2v) is 6.39. The second kappa shape index (κ2) is 6.62. The Labute approximate surface area is 144 Å². The van der Waals surface area contributed by atoms with E-state index in [0.717, 1.165) is 14.5 Å². The number of ether oxygens (including phenoxy) is 1. The Bertz CT molecular complexity index is 727. The van der Waals surface area contributed by atoms with Crippen LogP contribution in [-0.4, -0.2) is 21.0 Å². The van der Waals surface area contributed by atoms with E-state index in [1.165, 1.54) is 0 Å². The molecule has 0 atom stereocenters. The molecular weight excluding hydrogens is 418 g/mol. The molecule has 0 aliphatic heterocycles. The number of nitrogen functional groups attached to an aromatic ring is 1. The zero-order valence-corrected chi connectivity index (χ0v) is 15.0. The Hall–Kier alpha value is -1.67. The van der Waals surface area contributed by atoms with Crippen LogP contribution in [0.3, 0.4) is 0 Å². The fourth-order valence-corrected chi connectivity index (χ4v) is 3.60. The van der Waals surface area contributed by atoms with Crippen LogP contribution in [0.4, 0.5) is 5.95 Å². The number of aryl methyl sites for hydroxylation is 2. The Morgan fingerprint density at radius 3 is 2.59 bits per heavy atom. The minimum Gasteiger partial charge on any atom is -0.486 e. The van der Waals surface area contributed by atoms with Gasteiger partial charge in [0, 0.05) is 4.47 Å². The van der Waals surface area contributed by atoms with E-state index in [4.69, 9.17) is 10.5 Å². The van der Waals surface area contributed by atoms with Crippen molar-refractivity contribution in [1.82, 2.24) is 9.97 Å². The summed E-state index contributed by atoms with van der Waals surface area (Å²) in [5.41, 5.74) is 7.06. The molecule has 0 spiro atoms. The highest BCUT2D eigenvalue weighted by Gasteiger charge is 2.18. The van der Waals surface area contributed by atoms with Crippen LogP contribution in [0.5, 0.6) is 5.75 Å². The minimum atomic E-state index is -1.11. The molecule has 22 heavy (non-hydrogen) atoms. The number of hydrogen-bond acceptors (Lipinski definition) is 5. The molecule has 0 radical (unpaired) electrons. The lowest BCUT2D eigenvalue weighted by Crippen LogP contribution is -2.14. The molecule has 0 saturated heterocycles. The van der Waals surface area contributed by atoms with Crippen molar-refractivity contribution in [3.05, 3.63) is 43.6 Å². The predicted octanol–water partition coefficient (Wildman–Crippen LogP) is 3.48. The fraction of sp³-hybridized carbons (Fsp3) is 0.214. The number of aromatic carboxylic acids is 1. The Kier molecular flexibility index (Phi) is 5.02. The van der Waals surface area contributed by atoms with Gasteiger partial charge in [0.05, 0.1) is 15.9 Å². The van der Waals surface area contributed by atoms with E-state index in [1.807, 2.05) is 19.1 Å². The van der Waals surface area contributed by atoms with Crippen LogP contribution in [0.15, 0.2) is 21.1 Å². The molecule has 116 valence electrons. The SMILES string of the molecule is Cc1cc(Br)cc(Br)c1OCc1nc(N)nc(C)c1C(=O)O. The summed E-state index contributed by atoms with van der Waals surface area (Å²) in [6.45, 7) is 3.45. The van der Waals surface area contributed by atoms with Gasteiger partial charge in [-0.05, 0) is 47.5 Å². The van der Waals surface area contributed by atoms with E-state index >= 15 is 0 Å². The van der Waals surface area contributed by atoms with Gasteiger partial charge in [-0.1, -0.05) is 15.9 Å². The molecule has 0 amide bonds. The maximum atomic E-state index is 11.4. The van der Waals surface area contributed by atoms with Crippen LogP contribution in [0.25, 0.3) is 0 Å². The summed E-state index contributed by atoms with van der Waals surface area (Å²) in [6.07, 6.45) is 0. The van der Waals surface area contributed by atoms with E-state index < -0.39 is 5.97 Å². The first-order valence-corrected chi connectivity index (χ1v) is 7.83. The Balaban J connectivity index is 2.35. The number of carboxylic acids is 1. The van der Waals surface area contributed by atoms with Gasteiger partial charge in [-0.15, -0.1) is 0 Å². The standard InChI is InChI=1S/C14H13Br2N3O3/c1-6-3-8(15)4-9(16)12(6)22-5-10-11(13(20)21)7(2)18-14(17)19-10/h3-4H,5H2,1-2H3,(H,20,21)(H2,17,18,19). The molecular formula is C14H13Br2N3O3. The van der Waals surface area contributed by atoms with Crippen molar-refractivity contribution in [2.24, 2.45) is 0 Å². The van der Waals surface area contributed by atoms with Crippen LogP contribution in [-0.2, 0) is 6.61 Å². The molecule has 6 nitrogen and oxygen atoms in total. The first kappa shape index (κ1) is 16.7. The lowest BCUT2D eigenvalue weighted by atomic mass is 10.1. The van der Waals surface area contributed by atoms with E-state index in [0.29, 0.717) is 11.4 Å². The first-order chi connectivity index (χ1) is 10.3. The van der Waals surface area contributed by atoms with Gasteiger partial charge >= 0.3 is 5.97 Å². The number of benzene rings is 1. The highest BCUT2D eigenvalue weighted by atomic mass is 79.9. The van der Waals surface area contributed by atoms with E-state index in [1.54, 1.807) is 6.92 Å². The molecule has 0 unspecified atom stereocenters. The first-order valence-electron chi connectivity index (χ1n) is 6.24. The molecule has 0 saturated carbocycles. The molecule has 2 rings (SSSR count). The van der Waals surface area contributed by atoms with Crippen LogP contribution in [0, 0.1) is 13.8 Å². The molecule has 2 aromatic rings. The lowest BCUT2D eigenvalue weighted by molar-refractivity contribution is 0.0691. The van der Waals surface area contributed by atoms with Crippen LogP contribution in [0.1, 0.15) is 27.3 Å². The number of nitrogens with zero attached hydrogens (tertiary/aromatic N) is 2. The van der Waals surface area contributed by atoms with Crippen LogP contribution >= 0.6 is 31.9 Å².